The van der Waals surface area contributed by atoms with Gasteiger partial charge in [-0.1, -0.05) is 0 Å². The number of hydrogen-bond donors (Lipinski definition) is 0. The molecule has 10 aliphatic rings. The van der Waals surface area contributed by atoms with E-state index in [2.05, 4.69) is 0 Å². The molecule has 94 heavy (non-hydrogen) atoms. The van der Waals surface area contributed by atoms with E-state index in [9.17, 15) is 0 Å². The summed E-state index contributed by atoms with van der Waals surface area (Å²) in [6, 6.07) is 0. The van der Waals surface area contributed by atoms with Crippen molar-refractivity contribution in [2.75, 3.05) is 52.9 Å². The highest BCUT2D eigenvalue weighted by atomic mass is 31.2. The summed E-state index contributed by atoms with van der Waals surface area (Å²) < 4.78 is 132. The Morgan fingerprint density at radius 1 is 0.170 bits per heavy atom. The maximum atomic E-state index is 18.6. The standard InChI is InChI=1S/C78H40O12P4/c1-9-83-91(79,84-10-2)77(92(80,85-11-3)86-12-4)73-65-49-33-21-19-17-18-20-22-24-29-39-27(20)37(25(17)33)53(65)55(39)67-57-41(29)32-36(24)52-50-34(22)26(18)38-28(19)40-30-23(21)35-31-42(30)58-62-46-43(31)59(69(73)51(35)49)63-47(46)48-45(61(57)71(63)75(67,73)77)44(32)60-64(48)72(62)76-68(58)56(40)54(38)66(50)74(76,70(52)60)78(76,93(81,87-13-5)88-14-6)94(82,89-15-7)90-16-8/h9-16H2,1-8H3. The van der Waals surface area contributed by atoms with Crippen molar-refractivity contribution in [1.82, 2.24) is 0 Å². The SMILES string of the molecule is CCOP(=O)(OCC)C1(P(=O)(OCC)OCC)C23c4c5c6c7c8c9c(c%10c%11c2c2c4c4c%12c%13c%14c%15c%16c%17c%18c%19c%20c%21c%22c(c%13c4c4c2c2c%11c%11c%10c%10c9c9c%13c8c(c6c%15c5%12)c%16c%13c%18c5c%19c6c%21c(c2c%224)c%11c6c%10c59)C%202C%14%17C2(P(=O)(OCC)OCC)P(=O)(OCC)OCC)C731. The largest absolute Gasteiger partial charge is 0.351 e. The van der Waals surface area contributed by atoms with E-state index in [-0.39, 0.29) is 52.9 Å². The smallest absolute Gasteiger partial charge is 0.308 e. The second kappa shape index (κ2) is 11.2. The van der Waals surface area contributed by atoms with Crippen LogP contribution in [-0.4, -0.2) is 62.6 Å². The summed E-state index contributed by atoms with van der Waals surface area (Å²) in [5.41, 5.74) is 3.50. The molecule has 0 aliphatic heterocycles. The van der Waals surface area contributed by atoms with Gasteiger partial charge in [-0.2, -0.15) is 0 Å². The van der Waals surface area contributed by atoms with E-state index in [0.717, 1.165) is 76.8 Å². The molecule has 0 heterocycles. The Bertz CT molecular complexity index is 7800. The fourth-order valence-corrected chi connectivity index (χ4v) is 45.1. The lowest BCUT2D eigenvalue weighted by molar-refractivity contribution is 0.186. The summed E-state index contributed by atoms with van der Waals surface area (Å²) in [5.74, 6) is 0. The quantitative estimate of drug-likeness (QED) is 0.0529. The predicted octanol–water partition coefficient (Wildman–Crippen LogP) is 21.3. The average molecular weight is 1290 g/mol. The molecule has 12 nitrogen and oxygen atoms in total. The Morgan fingerprint density at radius 3 is 0.340 bits per heavy atom. The van der Waals surface area contributed by atoms with E-state index >= 15 is 18.3 Å². The van der Waals surface area contributed by atoms with Gasteiger partial charge >= 0.3 is 30.4 Å². The Labute approximate surface area is 524 Å². The van der Waals surface area contributed by atoms with Gasteiger partial charge in [0.05, 0.1) is 74.5 Å². The molecule has 0 bridgehead atoms. The summed E-state index contributed by atoms with van der Waals surface area (Å²) in [4.78, 5) is -3.93. The molecular formula is C78H40O12P4. The summed E-state index contributed by atoms with van der Waals surface area (Å²) >= 11 is 0. The molecule has 0 N–H and O–H groups in total. The van der Waals surface area contributed by atoms with Gasteiger partial charge in [0.25, 0.3) is 0 Å². The summed E-state index contributed by atoms with van der Waals surface area (Å²) in [7, 11) is -19.1. The van der Waals surface area contributed by atoms with Gasteiger partial charge in [0.2, 0.25) is 9.79 Å². The number of benzene rings is 16. The summed E-state index contributed by atoms with van der Waals surface area (Å²) in [6.45, 7) is 15.7. The van der Waals surface area contributed by atoms with Crippen molar-refractivity contribution in [2.24, 2.45) is 0 Å². The molecule has 0 amide bonds. The van der Waals surface area contributed by atoms with Gasteiger partial charge in [0.15, 0.2) is 0 Å². The second-order valence-electron chi connectivity index (χ2n) is 30.7. The molecule has 24 aromatic carbocycles. The van der Waals surface area contributed by atoms with Gasteiger partial charge in [-0.3, -0.25) is 18.3 Å². The van der Waals surface area contributed by atoms with Gasteiger partial charge < -0.3 is 36.2 Å². The molecular weight excluding hydrogens is 1250 g/mol. The Kier molecular flexibility index (Phi) is 5.42. The van der Waals surface area contributed by atoms with Crippen molar-refractivity contribution in [3.63, 3.8) is 0 Å². The average Bonchev–Trinajstić information content (AvgIpc) is 1.35. The van der Waals surface area contributed by atoms with Crippen LogP contribution in [0, 0.1) is 0 Å². The molecule has 0 aromatic heterocycles. The predicted molar refractivity (Wildman–Crippen MR) is 376 cm³/mol. The van der Waals surface area contributed by atoms with Crippen molar-refractivity contribution in [3.8, 4) is 0 Å². The van der Waals surface area contributed by atoms with Crippen LogP contribution in [0.25, 0.3) is 259 Å². The zero-order chi connectivity index (χ0) is 60.6. The zero-order valence-electron chi connectivity index (χ0n) is 51.3. The summed E-state index contributed by atoms with van der Waals surface area (Å²) in [5, 5.41) is 59.6. The molecule has 2 fully saturated rings. The van der Waals surface area contributed by atoms with Crippen molar-refractivity contribution in [3.05, 3.63) is 44.5 Å². The molecule has 34 rings (SSSR count). The number of rotatable bonds is 20. The third kappa shape index (κ3) is 2.64. The lowest BCUT2D eigenvalue weighted by atomic mass is 9.67. The fourth-order valence-electron chi connectivity index (χ4n) is 30.7. The lowest BCUT2D eigenvalue weighted by Gasteiger charge is -2.36. The maximum absolute atomic E-state index is 18.6. The van der Waals surface area contributed by atoms with Gasteiger partial charge in [-0.15, -0.1) is 0 Å². The lowest BCUT2D eigenvalue weighted by Crippen LogP contribution is -2.29. The molecule has 0 saturated heterocycles. The third-order valence-electron chi connectivity index (χ3n) is 30.1. The van der Waals surface area contributed by atoms with Gasteiger partial charge in [0, 0.05) is 0 Å². The zero-order valence-corrected chi connectivity index (χ0v) is 54.9. The van der Waals surface area contributed by atoms with Crippen molar-refractivity contribution in [2.45, 2.75) is 86.8 Å². The minimum Gasteiger partial charge on any atom is -0.308 e. The van der Waals surface area contributed by atoms with Crippen LogP contribution in [0.5, 0.6) is 0 Å². The molecule has 10 aliphatic carbocycles. The normalized spacial score (nSPS) is 25.4. The molecule has 24 aromatic rings. The highest BCUT2D eigenvalue weighted by Gasteiger charge is 3.08. The first-order chi connectivity index (χ1) is 46.0. The van der Waals surface area contributed by atoms with Crippen molar-refractivity contribution >= 4 is 289 Å². The minimum atomic E-state index is -4.78. The second-order valence-corrected chi connectivity index (χ2v) is 40.1. The topological polar surface area (TPSA) is 142 Å². The molecule has 16 heteroatoms. The van der Waals surface area contributed by atoms with E-state index in [4.69, 9.17) is 36.2 Å². The first-order valence-electron chi connectivity index (χ1n) is 34.6. The van der Waals surface area contributed by atoms with E-state index in [0.29, 0.717) is 0 Å². The molecule has 4 unspecified atom stereocenters. The molecule has 4 spiro atoms. The number of hydrogen-bond acceptors (Lipinski definition) is 12. The highest BCUT2D eigenvalue weighted by Crippen LogP contribution is 3.10. The minimum absolute atomic E-state index is 0.0503. The van der Waals surface area contributed by atoms with Crippen molar-refractivity contribution < 1.29 is 54.5 Å². The van der Waals surface area contributed by atoms with Crippen LogP contribution < -0.4 is 0 Å². The van der Waals surface area contributed by atoms with Crippen LogP contribution >= 0.6 is 30.4 Å². The van der Waals surface area contributed by atoms with Crippen LogP contribution in [0.1, 0.15) is 99.9 Å². The molecule has 4 atom stereocenters. The third-order valence-corrected chi connectivity index (χ3v) is 43.6. The summed E-state index contributed by atoms with van der Waals surface area (Å²) in [6.07, 6.45) is 0. The van der Waals surface area contributed by atoms with Crippen LogP contribution in [0.4, 0.5) is 0 Å². The van der Waals surface area contributed by atoms with Crippen molar-refractivity contribution in [1.29, 1.82) is 0 Å². The van der Waals surface area contributed by atoms with E-state index in [1.54, 1.807) is 0 Å². The molecule has 444 valence electrons. The fraction of sp³-hybridized carbons (Fsp3) is 0.282. The van der Waals surface area contributed by atoms with Crippen LogP contribution in [-0.2, 0) is 76.1 Å². The van der Waals surface area contributed by atoms with Gasteiger partial charge in [0.1, 0.15) is 0 Å². The Morgan fingerprint density at radius 2 is 0.255 bits per heavy atom. The van der Waals surface area contributed by atoms with Crippen LogP contribution in [0.3, 0.4) is 0 Å². The molecule has 0 radical (unpaired) electrons. The van der Waals surface area contributed by atoms with Gasteiger partial charge in [-0.25, -0.2) is 0 Å². The first-order valence-corrected chi connectivity index (χ1v) is 40.7. The van der Waals surface area contributed by atoms with E-state index in [1.807, 2.05) is 55.4 Å². The van der Waals surface area contributed by atoms with Gasteiger partial charge in [-0.05, 0) is 358 Å². The van der Waals surface area contributed by atoms with Crippen LogP contribution in [0.15, 0.2) is 0 Å². The van der Waals surface area contributed by atoms with E-state index in [1.165, 1.54) is 226 Å². The Hall–Kier alpha value is -6.68. The first kappa shape index (κ1) is 45.7. The maximum Gasteiger partial charge on any atom is 0.351 e. The Balaban J connectivity index is 1.03. The van der Waals surface area contributed by atoms with Crippen LogP contribution in [0.2, 0.25) is 0 Å². The monoisotopic (exact) mass is 1290 g/mol. The highest BCUT2D eigenvalue weighted by molar-refractivity contribution is 7.76. The van der Waals surface area contributed by atoms with E-state index < -0.39 is 61.8 Å². The molecule has 2 saturated carbocycles.